The van der Waals surface area contributed by atoms with Crippen LogP contribution in [0.25, 0.3) is 0 Å². The summed E-state index contributed by atoms with van der Waals surface area (Å²) in [5, 5.41) is 12.8. The van der Waals surface area contributed by atoms with Gasteiger partial charge in [0.2, 0.25) is 11.8 Å². The van der Waals surface area contributed by atoms with Crippen LogP contribution in [-0.2, 0) is 27.4 Å². The van der Waals surface area contributed by atoms with Crippen molar-refractivity contribution in [1.29, 1.82) is 0 Å². The average Bonchev–Trinajstić information content (AvgIpc) is 3.28. The minimum atomic E-state index is -0.960. The number of carbonyl (C=O) groups excluding carboxylic acids is 2. The van der Waals surface area contributed by atoms with Crippen LogP contribution in [0.2, 0.25) is 0 Å². The van der Waals surface area contributed by atoms with E-state index >= 15 is 0 Å². The minimum Gasteiger partial charge on any atom is -0.396 e. The third kappa shape index (κ3) is 3.64. The number of ether oxygens (including phenoxy) is 1. The molecule has 0 bridgehead atoms. The number of rotatable bonds is 6. The van der Waals surface area contributed by atoms with E-state index in [-0.39, 0.29) is 31.2 Å². The smallest absolute Gasteiger partial charge is 0.250 e. The molecule has 0 spiro atoms. The number of nitrogens with one attached hydrogen (secondary N) is 1. The Balaban J connectivity index is 1.67. The number of halogens is 1. The van der Waals surface area contributed by atoms with Crippen LogP contribution < -0.4 is 10.9 Å². The van der Waals surface area contributed by atoms with Gasteiger partial charge in [-0.15, -0.1) is 0 Å². The topological polar surface area (TPSA) is 101 Å². The predicted octanol–water partition coefficient (Wildman–Crippen LogP) is 0.440. The second-order valence-corrected chi connectivity index (χ2v) is 7.84. The summed E-state index contributed by atoms with van der Waals surface area (Å²) in [4.78, 5) is 39.9. The summed E-state index contributed by atoms with van der Waals surface area (Å²) in [5.41, 5.74) is 0.759. The van der Waals surface area contributed by atoms with E-state index in [2.05, 4.69) is 5.32 Å². The molecule has 164 valence electrons. The van der Waals surface area contributed by atoms with Gasteiger partial charge in [-0.05, 0) is 12.1 Å². The molecule has 4 atom stereocenters. The van der Waals surface area contributed by atoms with Crippen molar-refractivity contribution < 1.29 is 23.8 Å². The first kappa shape index (κ1) is 21.2. The molecular weight excluding hydrogens is 405 g/mol. The number of pyridine rings is 1. The van der Waals surface area contributed by atoms with Gasteiger partial charge >= 0.3 is 0 Å². The third-order valence-electron chi connectivity index (χ3n) is 6.19. The van der Waals surface area contributed by atoms with Crippen LogP contribution in [0.1, 0.15) is 17.3 Å². The molecule has 0 aliphatic carbocycles. The van der Waals surface area contributed by atoms with Gasteiger partial charge in [-0.3, -0.25) is 14.4 Å². The monoisotopic (exact) mass is 429 g/mol. The van der Waals surface area contributed by atoms with E-state index in [0.29, 0.717) is 17.8 Å². The minimum absolute atomic E-state index is 0.0438. The molecule has 3 heterocycles. The van der Waals surface area contributed by atoms with E-state index in [1.165, 1.54) is 24.1 Å². The zero-order chi connectivity index (χ0) is 22.1. The van der Waals surface area contributed by atoms with E-state index in [9.17, 15) is 23.9 Å². The van der Waals surface area contributed by atoms with Gasteiger partial charge in [0.1, 0.15) is 18.5 Å². The van der Waals surface area contributed by atoms with Crippen LogP contribution in [0, 0.1) is 17.7 Å². The number of carbonyl (C=O) groups is 2. The number of fused-ring (bicyclic) bond motifs is 3. The molecule has 2 amide bonds. The fourth-order valence-corrected chi connectivity index (χ4v) is 4.84. The lowest BCUT2D eigenvalue weighted by Crippen LogP contribution is -2.51. The Kier molecular flexibility index (Phi) is 5.88. The number of amides is 2. The quantitative estimate of drug-likeness (QED) is 0.694. The van der Waals surface area contributed by atoms with Gasteiger partial charge < -0.3 is 24.6 Å². The van der Waals surface area contributed by atoms with Crippen LogP contribution >= 0.6 is 0 Å². The highest BCUT2D eigenvalue weighted by Crippen LogP contribution is 2.49. The Bertz CT molecular complexity index is 1060. The molecule has 2 aliphatic heterocycles. The number of methoxy groups -OCH3 is 1. The molecule has 1 aromatic carbocycles. The zero-order valence-corrected chi connectivity index (χ0v) is 17.0. The van der Waals surface area contributed by atoms with Crippen LogP contribution in [0.15, 0.2) is 47.3 Å². The van der Waals surface area contributed by atoms with Gasteiger partial charge in [0.05, 0.1) is 6.04 Å². The molecule has 2 aliphatic rings. The summed E-state index contributed by atoms with van der Waals surface area (Å²) in [7, 11) is 1.38. The molecule has 4 rings (SSSR count). The largest absolute Gasteiger partial charge is 0.396 e. The Morgan fingerprint density at radius 2 is 2.00 bits per heavy atom. The SMILES string of the molecule is COCC(=O)N1[C@@H]2c3cccc(=O)n3C[C@@H]2[C@@H](CO)[C@@H]1C(=O)NCc1ccccc1F. The maximum absolute atomic E-state index is 14.0. The second kappa shape index (κ2) is 8.60. The van der Waals surface area contributed by atoms with Crippen molar-refractivity contribution in [3.05, 3.63) is 69.9 Å². The average molecular weight is 429 g/mol. The van der Waals surface area contributed by atoms with Gasteiger partial charge in [-0.1, -0.05) is 24.3 Å². The number of hydrogen-bond donors (Lipinski definition) is 2. The molecule has 0 unspecified atom stereocenters. The summed E-state index contributed by atoms with van der Waals surface area (Å²) >= 11 is 0. The summed E-state index contributed by atoms with van der Waals surface area (Å²) in [6.07, 6.45) is 0. The molecule has 31 heavy (non-hydrogen) atoms. The first-order chi connectivity index (χ1) is 15.0. The maximum atomic E-state index is 14.0. The van der Waals surface area contributed by atoms with Gasteiger partial charge in [0.25, 0.3) is 5.56 Å². The molecule has 2 aromatic rings. The first-order valence-corrected chi connectivity index (χ1v) is 10.1. The molecule has 0 saturated carbocycles. The summed E-state index contributed by atoms with van der Waals surface area (Å²) in [5.74, 6) is -2.21. The normalized spacial score (nSPS) is 24.0. The first-order valence-electron chi connectivity index (χ1n) is 10.1. The van der Waals surface area contributed by atoms with Crippen molar-refractivity contribution in [2.24, 2.45) is 11.8 Å². The summed E-state index contributed by atoms with van der Waals surface area (Å²) in [6, 6.07) is 9.44. The van der Waals surface area contributed by atoms with Crippen molar-refractivity contribution in [2.45, 2.75) is 25.2 Å². The summed E-state index contributed by atoms with van der Waals surface area (Å²) in [6.45, 7) is -0.315. The molecular formula is C22H24FN3O5. The highest BCUT2D eigenvalue weighted by molar-refractivity contribution is 5.89. The second-order valence-electron chi connectivity index (χ2n) is 7.84. The summed E-state index contributed by atoms with van der Waals surface area (Å²) < 4.78 is 20.5. The zero-order valence-electron chi connectivity index (χ0n) is 17.0. The Labute approximate surface area is 178 Å². The van der Waals surface area contributed by atoms with Crippen molar-refractivity contribution in [3.8, 4) is 0 Å². The van der Waals surface area contributed by atoms with Crippen LogP contribution in [-0.4, -0.2) is 52.8 Å². The van der Waals surface area contributed by atoms with Crippen molar-refractivity contribution in [3.63, 3.8) is 0 Å². The lowest BCUT2D eigenvalue weighted by atomic mass is 9.88. The maximum Gasteiger partial charge on any atom is 0.250 e. The highest BCUT2D eigenvalue weighted by atomic mass is 19.1. The van der Waals surface area contributed by atoms with Crippen molar-refractivity contribution >= 4 is 11.8 Å². The lowest BCUT2D eigenvalue weighted by molar-refractivity contribution is -0.144. The Morgan fingerprint density at radius 3 is 2.71 bits per heavy atom. The Morgan fingerprint density at radius 1 is 1.23 bits per heavy atom. The highest BCUT2D eigenvalue weighted by Gasteiger charge is 2.57. The van der Waals surface area contributed by atoms with E-state index in [1.54, 1.807) is 34.9 Å². The van der Waals surface area contributed by atoms with Gasteiger partial charge in [0.15, 0.2) is 0 Å². The number of benzene rings is 1. The molecule has 2 N–H and O–H groups in total. The fraction of sp³-hybridized carbons (Fsp3) is 0.409. The number of aliphatic hydroxyl groups excluding tert-OH is 1. The van der Waals surface area contributed by atoms with E-state index < -0.39 is 35.6 Å². The molecule has 0 radical (unpaired) electrons. The van der Waals surface area contributed by atoms with Crippen molar-refractivity contribution in [2.75, 3.05) is 20.3 Å². The van der Waals surface area contributed by atoms with E-state index in [1.807, 2.05) is 0 Å². The third-order valence-corrected chi connectivity index (χ3v) is 6.19. The lowest BCUT2D eigenvalue weighted by Gasteiger charge is -2.30. The Hall–Kier alpha value is -3.04. The van der Waals surface area contributed by atoms with Gasteiger partial charge in [-0.25, -0.2) is 4.39 Å². The van der Waals surface area contributed by atoms with Crippen LogP contribution in [0.4, 0.5) is 4.39 Å². The van der Waals surface area contributed by atoms with Gasteiger partial charge in [0, 0.05) is 56.0 Å². The molecule has 1 fully saturated rings. The molecule has 1 saturated heterocycles. The van der Waals surface area contributed by atoms with E-state index in [0.717, 1.165) is 0 Å². The molecule has 9 heteroatoms. The number of aromatic nitrogens is 1. The molecule has 8 nitrogen and oxygen atoms in total. The molecule has 1 aromatic heterocycles. The fourth-order valence-electron chi connectivity index (χ4n) is 4.84. The standard InChI is InChI=1S/C22H24FN3O5/c1-31-12-19(29)26-20-14(10-25-17(20)7-4-8-18(25)28)15(11-27)21(26)22(30)24-9-13-5-2-3-6-16(13)23/h2-8,14-15,20-21,27H,9-12H2,1H3,(H,24,30)/t14-,15-,20+,21-/m1/s1. The van der Waals surface area contributed by atoms with Crippen LogP contribution in [0.5, 0.6) is 0 Å². The number of nitrogens with zero attached hydrogens (tertiary/aromatic N) is 2. The number of hydrogen-bond acceptors (Lipinski definition) is 5. The van der Waals surface area contributed by atoms with Crippen LogP contribution in [0.3, 0.4) is 0 Å². The number of likely N-dealkylation sites (tertiary alicyclic amines) is 1. The number of aliphatic hydroxyl groups is 1. The van der Waals surface area contributed by atoms with Crippen molar-refractivity contribution in [1.82, 2.24) is 14.8 Å². The van der Waals surface area contributed by atoms with Gasteiger partial charge in [-0.2, -0.15) is 0 Å². The predicted molar refractivity (Wildman–Crippen MR) is 108 cm³/mol. The van der Waals surface area contributed by atoms with E-state index in [4.69, 9.17) is 4.74 Å².